The highest BCUT2D eigenvalue weighted by Gasteiger charge is 2.21. The van der Waals surface area contributed by atoms with Gasteiger partial charge in [-0.15, -0.1) is 0 Å². The first-order valence-electron chi connectivity index (χ1n) is 5.66. The van der Waals surface area contributed by atoms with Crippen LogP contribution >= 0.6 is 0 Å². The summed E-state index contributed by atoms with van der Waals surface area (Å²) in [6, 6.07) is 0. The average Bonchev–Trinajstić information content (AvgIpc) is 2.26. The van der Waals surface area contributed by atoms with E-state index in [1.54, 1.807) is 0 Å². The number of piperidine rings is 1. The topological polar surface area (TPSA) is 40.5 Å². The molecule has 3 nitrogen and oxygen atoms in total. The van der Waals surface area contributed by atoms with E-state index in [0.717, 1.165) is 19.5 Å². The minimum Gasteiger partial charge on any atom is -0.396 e. The van der Waals surface area contributed by atoms with E-state index >= 15 is 0 Å². The minimum absolute atomic E-state index is 0.122. The van der Waals surface area contributed by atoms with Gasteiger partial charge in [0.15, 0.2) is 0 Å². The van der Waals surface area contributed by atoms with E-state index in [0.29, 0.717) is 18.8 Å². The van der Waals surface area contributed by atoms with Crippen LogP contribution in [0.2, 0.25) is 0 Å². The highest BCUT2D eigenvalue weighted by Crippen LogP contribution is 2.19. The van der Waals surface area contributed by atoms with E-state index in [-0.39, 0.29) is 12.5 Å². The van der Waals surface area contributed by atoms with Crippen molar-refractivity contribution in [3.05, 3.63) is 0 Å². The smallest absolute Gasteiger partial charge is 0.222 e. The van der Waals surface area contributed by atoms with Crippen molar-refractivity contribution >= 4 is 5.91 Å². The number of rotatable bonds is 4. The van der Waals surface area contributed by atoms with Crippen LogP contribution in [0.3, 0.4) is 0 Å². The Morgan fingerprint density at radius 1 is 1.57 bits per heavy atom. The number of likely N-dealkylation sites (tertiary alicyclic amines) is 1. The van der Waals surface area contributed by atoms with Crippen LogP contribution in [0.1, 0.15) is 39.0 Å². The van der Waals surface area contributed by atoms with Crippen LogP contribution in [0.4, 0.5) is 0 Å². The maximum Gasteiger partial charge on any atom is 0.222 e. The van der Waals surface area contributed by atoms with Gasteiger partial charge in [0.25, 0.3) is 0 Å². The highest BCUT2D eigenvalue weighted by atomic mass is 16.3. The Morgan fingerprint density at radius 3 is 3.00 bits per heavy atom. The first-order valence-corrected chi connectivity index (χ1v) is 5.66. The molecule has 1 aliphatic heterocycles. The summed E-state index contributed by atoms with van der Waals surface area (Å²) in [5.41, 5.74) is 0. The standard InChI is InChI=1S/C11H21NO2/c1-2-10-5-3-7-12(9-10)11(14)6-4-8-13/h10,13H,2-9H2,1H3. The molecule has 1 heterocycles. The van der Waals surface area contributed by atoms with Gasteiger partial charge in [-0.25, -0.2) is 0 Å². The summed E-state index contributed by atoms with van der Waals surface area (Å²) < 4.78 is 0. The monoisotopic (exact) mass is 199 g/mol. The molecule has 0 aromatic carbocycles. The van der Waals surface area contributed by atoms with Gasteiger partial charge in [-0.05, 0) is 25.2 Å². The summed E-state index contributed by atoms with van der Waals surface area (Å²) in [6.07, 6.45) is 4.69. The summed E-state index contributed by atoms with van der Waals surface area (Å²) >= 11 is 0. The van der Waals surface area contributed by atoms with Gasteiger partial charge >= 0.3 is 0 Å². The maximum absolute atomic E-state index is 11.6. The molecule has 1 unspecified atom stereocenters. The quantitative estimate of drug-likeness (QED) is 0.743. The maximum atomic E-state index is 11.6. The van der Waals surface area contributed by atoms with Crippen LogP contribution < -0.4 is 0 Å². The fraction of sp³-hybridized carbons (Fsp3) is 0.909. The van der Waals surface area contributed by atoms with Gasteiger partial charge < -0.3 is 10.0 Å². The Hall–Kier alpha value is -0.570. The lowest BCUT2D eigenvalue weighted by Crippen LogP contribution is -2.39. The molecule has 0 aromatic rings. The first-order chi connectivity index (χ1) is 6.77. The molecule has 0 radical (unpaired) electrons. The van der Waals surface area contributed by atoms with Gasteiger partial charge in [0.2, 0.25) is 5.91 Å². The third kappa shape index (κ3) is 3.29. The fourth-order valence-electron chi connectivity index (χ4n) is 2.01. The van der Waals surface area contributed by atoms with Crippen molar-refractivity contribution in [3.8, 4) is 0 Å². The number of nitrogens with zero attached hydrogens (tertiary/aromatic N) is 1. The van der Waals surface area contributed by atoms with E-state index < -0.39 is 0 Å². The Balaban J connectivity index is 2.31. The van der Waals surface area contributed by atoms with E-state index in [2.05, 4.69) is 6.92 Å². The van der Waals surface area contributed by atoms with Crippen molar-refractivity contribution in [1.29, 1.82) is 0 Å². The van der Waals surface area contributed by atoms with E-state index in [9.17, 15) is 4.79 Å². The molecule has 1 aliphatic rings. The summed E-state index contributed by atoms with van der Waals surface area (Å²) in [4.78, 5) is 13.6. The van der Waals surface area contributed by atoms with Gasteiger partial charge in [0.1, 0.15) is 0 Å². The zero-order valence-corrected chi connectivity index (χ0v) is 9.04. The predicted octanol–water partition coefficient (Wildman–Crippen LogP) is 1.41. The van der Waals surface area contributed by atoms with Crippen molar-refractivity contribution < 1.29 is 9.90 Å². The van der Waals surface area contributed by atoms with Crippen LogP contribution in [-0.2, 0) is 4.79 Å². The number of aliphatic hydroxyl groups is 1. The number of amides is 1. The lowest BCUT2D eigenvalue weighted by atomic mass is 9.95. The van der Waals surface area contributed by atoms with Crippen LogP contribution in [0.25, 0.3) is 0 Å². The second-order valence-corrected chi connectivity index (χ2v) is 4.08. The third-order valence-corrected chi connectivity index (χ3v) is 3.00. The third-order valence-electron chi connectivity index (χ3n) is 3.00. The molecule has 0 spiro atoms. The number of hydrogen-bond donors (Lipinski definition) is 1. The van der Waals surface area contributed by atoms with Crippen molar-refractivity contribution in [1.82, 2.24) is 4.90 Å². The molecule has 0 aromatic heterocycles. The number of carbonyl (C=O) groups excluding carboxylic acids is 1. The van der Waals surface area contributed by atoms with E-state index in [4.69, 9.17) is 5.11 Å². The van der Waals surface area contributed by atoms with Gasteiger partial charge in [-0.1, -0.05) is 13.3 Å². The number of aliphatic hydroxyl groups excluding tert-OH is 1. The molecule has 0 bridgehead atoms. The molecular formula is C11H21NO2. The zero-order valence-electron chi connectivity index (χ0n) is 9.04. The molecule has 1 atom stereocenters. The summed E-state index contributed by atoms with van der Waals surface area (Å²) in [7, 11) is 0. The molecule has 82 valence electrons. The second kappa shape index (κ2) is 6.02. The Labute approximate surface area is 86.1 Å². The number of hydrogen-bond acceptors (Lipinski definition) is 2. The van der Waals surface area contributed by atoms with Crippen molar-refractivity contribution in [2.24, 2.45) is 5.92 Å². The van der Waals surface area contributed by atoms with Crippen molar-refractivity contribution in [2.45, 2.75) is 39.0 Å². The molecule has 0 saturated carbocycles. The molecular weight excluding hydrogens is 178 g/mol. The highest BCUT2D eigenvalue weighted by molar-refractivity contribution is 5.76. The second-order valence-electron chi connectivity index (χ2n) is 4.08. The van der Waals surface area contributed by atoms with Gasteiger partial charge in [-0.3, -0.25) is 4.79 Å². The molecule has 1 N–H and O–H groups in total. The van der Waals surface area contributed by atoms with Gasteiger partial charge in [-0.2, -0.15) is 0 Å². The van der Waals surface area contributed by atoms with Gasteiger partial charge in [0, 0.05) is 26.1 Å². The molecule has 14 heavy (non-hydrogen) atoms. The minimum atomic E-state index is 0.122. The molecule has 1 rings (SSSR count). The SMILES string of the molecule is CCC1CCCN(C(=O)CCCO)C1. The Bertz CT molecular complexity index is 182. The summed E-state index contributed by atoms with van der Waals surface area (Å²) in [6.45, 7) is 4.16. The molecule has 3 heteroatoms. The van der Waals surface area contributed by atoms with Crippen molar-refractivity contribution in [2.75, 3.05) is 19.7 Å². The van der Waals surface area contributed by atoms with Gasteiger partial charge in [0.05, 0.1) is 0 Å². The molecule has 1 fully saturated rings. The first kappa shape index (κ1) is 11.5. The van der Waals surface area contributed by atoms with E-state index in [1.807, 2.05) is 4.90 Å². The molecule has 0 aliphatic carbocycles. The average molecular weight is 199 g/mol. The van der Waals surface area contributed by atoms with Crippen LogP contribution in [0.5, 0.6) is 0 Å². The van der Waals surface area contributed by atoms with E-state index in [1.165, 1.54) is 12.8 Å². The number of carbonyl (C=O) groups is 1. The largest absolute Gasteiger partial charge is 0.396 e. The molecule has 1 saturated heterocycles. The van der Waals surface area contributed by atoms with Crippen molar-refractivity contribution in [3.63, 3.8) is 0 Å². The Kier molecular flexibility index (Phi) is 4.94. The normalized spacial score (nSPS) is 22.4. The summed E-state index contributed by atoms with van der Waals surface area (Å²) in [5, 5.41) is 8.64. The Morgan fingerprint density at radius 2 is 2.36 bits per heavy atom. The van der Waals surface area contributed by atoms with Crippen LogP contribution in [0, 0.1) is 5.92 Å². The predicted molar refractivity (Wildman–Crippen MR) is 55.9 cm³/mol. The zero-order chi connectivity index (χ0) is 10.4. The van der Waals surface area contributed by atoms with Crippen LogP contribution in [-0.4, -0.2) is 35.6 Å². The lowest BCUT2D eigenvalue weighted by Gasteiger charge is -2.32. The lowest BCUT2D eigenvalue weighted by molar-refractivity contribution is -0.133. The fourth-order valence-corrected chi connectivity index (χ4v) is 2.01. The summed E-state index contributed by atoms with van der Waals surface area (Å²) in [5.74, 6) is 0.916. The van der Waals surface area contributed by atoms with Crippen LogP contribution in [0.15, 0.2) is 0 Å². The molecule has 1 amide bonds.